The zero-order chi connectivity index (χ0) is 27.0. The number of hydrogen-bond donors (Lipinski definition) is 5. The number of nitrogens with zero attached hydrogens (tertiary/aromatic N) is 5. The van der Waals surface area contributed by atoms with Crippen molar-refractivity contribution in [1.29, 1.82) is 0 Å². The first kappa shape index (κ1) is 26.9. The van der Waals surface area contributed by atoms with Crippen LogP contribution >= 0.6 is 23.5 Å². The molecule has 16 heteroatoms. The molecule has 4 aliphatic heterocycles. The standard InChI is InChI=1S/C22H31N9O5S2/c1-10-17-16(11(2)27-15(32)6-30-8-26-28-29-30)21(34)31(17)18(22(35)36)19(10)38-13-3-12(23-5-13)4-24-20(33)14-7-37-9-25-14/h8,10-14,16-17,23,25H,3-7,9H2,1-2H3,(H,24,33)(H,27,32)(H,35,36)/t10-,11-,12?,13?,14?,16-,17-/m1/s1. The number of aromatic nitrogens is 4. The van der Waals surface area contributed by atoms with Crippen molar-refractivity contribution in [1.82, 2.24) is 46.4 Å². The first-order chi connectivity index (χ1) is 18.2. The van der Waals surface area contributed by atoms with Gasteiger partial charge >= 0.3 is 5.97 Å². The van der Waals surface area contributed by atoms with Crippen LogP contribution in [0.5, 0.6) is 0 Å². The van der Waals surface area contributed by atoms with Crippen LogP contribution in [0.4, 0.5) is 0 Å². The summed E-state index contributed by atoms with van der Waals surface area (Å²) in [6, 6.07) is -0.877. The van der Waals surface area contributed by atoms with Gasteiger partial charge in [-0.2, -0.15) is 0 Å². The molecule has 7 atom stereocenters. The van der Waals surface area contributed by atoms with Crippen LogP contribution in [-0.2, 0) is 25.7 Å². The lowest BCUT2D eigenvalue weighted by atomic mass is 9.78. The van der Waals surface area contributed by atoms with E-state index in [2.05, 4.69) is 36.8 Å². The number of β-lactam (4-membered cyclic amide) rings is 1. The van der Waals surface area contributed by atoms with Gasteiger partial charge in [-0.15, -0.1) is 28.6 Å². The minimum atomic E-state index is -1.12. The second kappa shape index (κ2) is 11.2. The summed E-state index contributed by atoms with van der Waals surface area (Å²) in [6.45, 7) is 4.81. The van der Waals surface area contributed by atoms with Crippen molar-refractivity contribution in [2.75, 3.05) is 24.7 Å². The molecule has 4 aliphatic rings. The average Bonchev–Trinajstić information content (AvgIpc) is 3.67. The van der Waals surface area contributed by atoms with Gasteiger partial charge in [-0.1, -0.05) is 6.92 Å². The zero-order valence-corrected chi connectivity index (χ0v) is 22.6. The van der Waals surface area contributed by atoms with Crippen molar-refractivity contribution >= 4 is 47.2 Å². The molecule has 3 amide bonds. The molecule has 5 heterocycles. The van der Waals surface area contributed by atoms with Crippen molar-refractivity contribution in [3.8, 4) is 0 Å². The topological polar surface area (TPSA) is 183 Å². The molecule has 3 unspecified atom stereocenters. The van der Waals surface area contributed by atoms with E-state index < -0.39 is 17.9 Å². The first-order valence-corrected chi connectivity index (χ1v) is 14.6. The number of thioether (sulfide) groups is 2. The van der Waals surface area contributed by atoms with Gasteiger partial charge in [-0.25, -0.2) is 9.48 Å². The van der Waals surface area contributed by atoms with Crippen LogP contribution in [0, 0.1) is 11.8 Å². The van der Waals surface area contributed by atoms with Crippen LogP contribution < -0.4 is 21.3 Å². The van der Waals surface area contributed by atoms with Crippen molar-refractivity contribution in [2.24, 2.45) is 11.8 Å². The van der Waals surface area contributed by atoms with Crippen molar-refractivity contribution in [3.05, 3.63) is 16.9 Å². The second-order valence-electron chi connectivity index (χ2n) is 9.99. The van der Waals surface area contributed by atoms with E-state index in [1.165, 1.54) is 27.7 Å². The van der Waals surface area contributed by atoms with Crippen LogP contribution in [0.1, 0.15) is 20.3 Å². The molecule has 206 valence electrons. The molecule has 1 aromatic rings. The molecule has 0 spiro atoms. The van der Waals surface area contributed by atoms with Gasteiger partial charge in [0.25, 0.3) is 0 Å². The number of amides is 3. The molecule has 0 aromatic carbocycles. The van der Waals surface area contributed by atoms with E-state index >= 15 is 0 Å². The Morgan fingerprint density at radius 1 is 1.34 bits per heavy atom. The largest absolute Gasteiger partial charge is 0.477 e. The summed E-state index contributed by atoms with van der Waals surface area (Å²) in [5.41, 5.74) is 0.0440. The predicted octanol–water partition coefficient (Wildman–Crippen LogP) is -1.81. The number of hydrogen-bond acceptors (Lipinski definition) is 11. The molecular weight excluding hydrogens is 534 g/mol. The Morgan fingerprint density at radius 2 is 2.16 bits per heavy atom. The molecule has 0 radical (unpaired) electrons. The molecule has 3 saturated heterocycles. The van der Waals surface area contributed by atoms with Gasteiger partial charge in [0.15, 0.2) is 0 Å². The molecule has 14 nitrogen and oxygen atoms in total. The Bertz CT molecular complexity index is 1130. The Morgan fingerprint density at radius 3 is 2.84 bits per heavy atom. The normalized spacial score (nSPS) is 31.2. The van der Waals surface area contributed by atoms with E-state index in [9.17, 15) is 24.3 Å². The van der Waals surface area contributed by atoms with Crippen LogP contribution in [0.3, 0.4) is 0 Å². The van der Waals surface area contributed by atoms with Gasteiger partial charge in [0.1, 0.15) is 18.6 Å². The maximum absolute atomic E-state index is 13.1. The number of carboxylic acids is 1. The fourth-order valence-electron chi connectivity index (χ4n) is 5.60. The minimum absolute atomic E-state index is 0.00119. The number of rotatable bonds is 10. The highest BCUT2D eigenvalue weighted by Crippen LogP contribution is 2.51. The summed E-state index contributed by atoms with van der Waals surface area (Å²) in [5.74, 6) is -0.910. The summed E-state index contributed by atoms with van der Waals surface area (Å²) in [4.78, 5) is 52.1. The van der Waals surface area contributed by atoms with Crippen molar-refractivity contribution < 1.29 is 24.3 Å². The van der Waals surface area contributed by atoms with Gasteiger partial charge in [-0.05, 0) is 23.8 Å². The molecule has 38 heavy (non-hydrogen) atoms. The third kappa shape index (κ3) is 5.26. The molecule has 1 aromatic heterocycles. The maximum atomic E-state index is 13.1. The molecule has 0 saturated carbocycles. The molecule has 5 rings (SSSR count). The summed E-state index contributed by atoms with van der Waals surface area (Å²) in [6.07, 6.45) is 2.10. The molecule has 0 bridgehead atoms. The van der Waals surface area contributed by atoms with Crippen LogP contribution in [-0.4, -0.2) is 108 Å². The van der Waals surface area contributed by atoms with Crippen molar-refractivity contribution in [2.45, 2.75) is 56.2 Å². The number of carbonyl (C=O) groups excluding carboxylic acids is 3. The Hall–Kier alpha value is -2.69. The Balaban J connectivity index is 1.18. The van der Waals surface area contributed by atoms with E-state index in [0.717, 1.165) is 18.1 Å². The molecule has 5 N–H and O–H groups in total. The predicted molar refractivity (Wildman–Crippen MR) is 138 cm³/mol. The smallest absolute Gasteiger partial charge is 0.353 e. The van der Waals surface area contributed by atoms with Gasteiger partial charge < -0.3 is 26.0 Å². The van der Waals surface area contributed by atoms with E-state index in [0.29, 0.717) is 18.0 Å². The summed E-state index contributed by atoms with van der Waals surface area (Å²) in [5, 5.41) is 33.2. The van der Waals surface area contributed by atoms with Crippen LogP contribution in [0.15, 0.2) is 16.9 Å². The highest BCUT2D eigenvalue weighted by molar-refractivity contribution is 8.03. The molecule has 0 aliphatic carbocycles. The number of aliphatic carboxylic acids is 1. The summed E-state index contributed by atoms with van der Waals surface area (Å²) >= 11 is 3.20. The number of carbonyl (C=O) groups is 4. The lowest BCUT2D eigenvalue weighted by Gasteiger charge is -2.47. The SMILES string of the molecule is C[C@@H](NC(=O)Cn1cnnn1)[C@H]1C(=O)N2C(C(=O)O)=C(SC3CNC(CNC(=O)C4CSCN4)C3)[C@H](C)[C@H]12. The van der Waals surface area contributed by atoms with Gasteiger partial charge in [0.2, 0.25) is 17.7 Å². The Labute approximate surface area is 227 Å². The third-order valence-electron chi connectivity index (χ3n) is 7.45. The monoisotopic (exact) mass is 565 g/mol. The summed E-state index contributed by atoms with van der Waals surface area (Å²) in [7, 11) is 0. The van der Waals surface area contributed by atoms with Crippen molar-refractivity contribution in [3.63, 3.8) is 0 Å². The lowest BCUT2D eigenvalue weighted by Crippen LogP contribution is -2.66. The number of carboxylic acid groups (broad SMARTS) is 1. The van der Waals surface area contributed by atoms with Crippen LogP contribution in [0.25, 0.3) is 0 Å². The van der Waals surface area contributed by atoms with Gasteiger partial charge in [0, 0.05) is 52.9 Å². The van der Waals surface area contributed by atoms with E-state index in [4.69, 9.17) is 0 Å². The quantitative estimate of drug-likeness (QED) is 0.201. The highest BCUT2D eigenvalue weighted by Gasteiger charge is 2.60. The third-order valence-corrected chi connectivity index (χ3v) is 9.90. The molecule has 3 fully saturated rings. The number of tetrazole rings is 1. The number of fused-ring (bicyclic) bond motifs is 1. The summed E-state index contributed by atoms with van der Waals surface area (Å²) < 4.78 is 1.28. The first-order valence-electron chi connectivity index (χ1n) is 12.5. The fourth-order valence-corrected chi connectivity index (χ4v) is 8.06. The fraction of sp³-hybridized carbons (Fsp3) is 0.682. The van der Waals surface area contributed by atoms with E-state index in [1.54, 1.807) is 18.7 Å². The number of nitrogens with one attached hydrogen (secondary N) is 4. The second-order valence-corrected chi connectivity index (χ2v) is 12.4. The minimum Gasteiger partial charge on any atom is -0.477 e. The van der Waals surface area contributed by atoms with Gasteiger partial charge in [-0.3, -0.25) is 19.7 Å². The van der Waals surface area contributed by atoms with E-state index in [-0.39, 0.29) is 59.3 Å². The average molecular weight is 566 g/mol. The zero-order valence-electron chi connectivity index (χ0n) is 21.0. The lowest BCUT2D eigenvalue weighted by molar-refractivity contribution is -0.158. The highest BCUT2D eigenvalue weighted by atomic mass is 32.2. The van der Waals surface area contributed by atoms with E-state index in [1.807, 2.05) is 6.92 Å². The maximum Gasteiger partial charge on any atom is 0.353 e. The molecular formula is C22H31N9O5S2. The van der Waals surface area contributed by atoms with Crippen LogP contribution in [0.2, 0.25) is 0 Å². The Kier molecular flexibility index (Phi) is 7.93. The van der Waals surface area contributed by atoms with Gasteiger partial charge in [0.05, 0.1) is 18.0 Å².